The third-order valence-corrected chi connectivity index (χ3v) is 11.6. The standard InChI is InChI=1S/C51H46N2O/c1-51(2,39-27-33-43(34-28-39)52(41-17-8-4-9-18-41)42-19-10-5-11-20-42)40-29-35-45(36-30-40)53(44-31-25-38(26-32-44)37-15-6-3-7-16-37)47-22-14-24-49-50(47)46-21-12-13-23-48(46)54-49/h4-5,8-14,17-37H,3,6-7,15-16H2,1-2H3. The van der Waals surface area contributed by atoms with Crippen molar-refractivity contribution in [1.82, 2.24) is 0 Å². The minimum Gasteiger partial charge on any atom is -0.456 e. The predicted octanol–water partition coefficient (Wildman–Crippen LogP) is 14.9. The summed E-state index contributed by atoms with van der Waals surface area (Å²) in [5, 5.41) is 2.26. The summed E-state index contributed by atoms with van der Waals surface area (Å²) < 4.78 is 6.37. The largest absolute Gasteiger partial charge is 0.456 e. The summed E-state index contributed by atoms with van der Waals surface area (Å²) in [5.74, 6) is 0.665. The lowest BCUT2D eigenvalue weighted by Gasteiger charge is -2.30. The molecule has 8 aromatic rings. The molecule has 54 heavy (non-hydrogen) atoms. The van der Waals surface area contributed by atoms with Crippen molar-refractivity contribution in [3.63, 3.8) is 0 Å². The van der Waals surface area contributed by atoms with Gasteiger partial charge in [-0.15, -0.1) is 0 Å². The quantitative estimate of drug-likeness (QED) is 0.149. The third kappa shape index (κ3) is 6.34. The van der Waals surface area contributed by atoms with Crippen molar-refractivity contribution in [2.24, 2.45) is 0 Å². The molecule has 3 heteroatoms. The van der Waals surface area contributed by atoms with Gasteiger partial charge in [-0.3, -0.25) is 0 Å². The molecule has 1 saturated carbocycles. The van der Waals surface area contributed by atoms with Crippen molar-refractivity contribution < 1.29 is 4.42 Å². The van der Waals surface area contributed by atoms with Gasteiger partial charge >= 0.3 is 0 Å². The highest BCUT2D eigenvalue weighted by Crippen LogP contribution is 2.45. The zero-order valence-corrected chi connectivity index (χ0v) is 31.2. The van der Waals surface area contributed by atoms with Crippen LogP contribution < -0.4 is 9.80 Å². The number of hydrogen-bond acceptors (Lipinski definition) is 3. The van der Waals surface area contributed by atoms with Gasteiger partial charge in [-0.2, -0.15) is 0 Å². The fraction of sp³-hybridized carbons (Fsp3) is 0.176. The van der Waals surface area contributed by atoms with E-state index in [4.69, 9.17) is 4.42 Å². The van der Waals surface area contributed by atoms with E-state index in [-0.39, 0.29) is 5.41 Å². The van der Waals surface area contributed by atoms with Crippen LogP contribution in [0, 0.1) is 0 Å². The summed E-state index contributed by atoms with van der Waals surface area (Å²) in [7, 11) is 0. The van der Waals surface area contributed by atoms with Crippen molar-refractivity contribution >= 4 is 56.1 Å². The first-order valence-corrected chi connectivity index (χ1v) is 19.5. The molecule has 1 aliphatic rings. The molecular formula is C51H46N2O. The molecule has 0 atom stereocenters. The second-order valence-corrected chi connectivity index (χ2v) is 15.2. The van der Waals surface area contributed by atoms with Crippen molar-refractivity contribution in [3.05, 3.63) is 193 Å². The van der Waals surface area contributed by atoms with E-state index in [2.05, 4.69) is 194 Å². The van der Waals surface area contributed by atoms with Crippen LogP contribution in [0.25, 0.3) is 21.9 Å². The summed E-state index contributed by atoms with van der Waals surface area (Å²) in [6, 6.07) is 63.6. The molecule has 3 nitrogen and oxygen atoms in total. The first-order valence-electron chi connectivity index (χ1n) is 19.5. The molecular weight excluding hydrogens is 657 g/mol. The number of rotatable bonds is 9. The van der Waals surface area contributed by atoms with Crippen LogP contribution in [0.1, 0.15) is 68.6 Å². The van der Waals surface area contributed by atoms with Crippen LogP contribution in [0.5, 0.6) is 0 Å². The lowest BCUT2D eigenvalue weighted by Crippen LogP contribution is -2.19. The molecule has 0 spiro atoms. The van der Waals surface area contributed by atoms with Gasteiger partial charge in [0.1, 0.15) is 11.2 Å². The molecule has 1 fully saturated rings. The minimum absolute atomic E-state index is 0.214. The van der Waals surface area contributed by atoms with Crippen molar-refractivity contribution in [2.45, 2.75) is 57.3 Å². The fourth-order valence-corrected chi connectivity index (χ4v) is 8.52. The Kier molecular flexibility index (Phi) is 9.00. The zero-order chi connectivity index (χ0) is 36.5. The average molecular weight is 703 g/mol. The highest BCUT2D eigenvalue weighted by Gasteiger charge is 2.26. The summed E-state index contributed by atoms with van der Waals surface area (Å²) >= 11 is 0. The van der Waals surface area contributed by atoms with E-state index in [1.807, 2.05) is 6.07 Å². The fourth-order valence-electron chi connectivity index (χ4n) is 8.52. The molecule has 0 unspecified atom stereocenters. The molecule has 1 aromatic heterocycles. The Hall–Kier alpha value is -6.06. The molecule has 1 aliphatic carbocycles. The van der Waals surface area contributed by atoms with E-state index in [1.165, 1.54) is 48.8 Å². The number of para-hydroxylation sites is 3. The van der Waals surface area contributed by atoms with Crippen LogP contribution >= 0.6 is 0 Å². The maximum atomic E-state index is 6.37. The Labute approximate surface area is 319 Å². The van der Waals surface area contributed by atoms with Crippen LogP contribution in [0.4, 0.5) is 34.1 Å². The number of benzene rings is 7. The van der Waals surface area contributed by atoms with Crippen molar-refractivity contribution in [1.29, 1.82) is 0 Å². The van der Waals surface area contributed by atoms with Crippen LogP contribution in [-0.2, 0) is 5.41 Å². The second kappa shape index (κ2) is 14.4. The predicted molar refractivity (Wildman–Crippen MR) is 227 cm³/mol. The molecule has 0 aliphatic heterocycles. The highest BCUT2D eigenvalue weighted by atomic mass is 16.3. The van der Waals surface area contributed by atoms with Gasteiger partial charge in [-0.05, 0) is 114 Å². The number of hydrogen-bond donors (Lipinski definition) is 0. The first kappa shape index (κ1) is 33.8. The van der Waals surface area contributed by atoms with Gasteiger partial charge in [-0.25, -0.2) is 0 Å². The third-order valence-electron chi connectivity index (χ3n) is 11.6. The lowest BCUT2D eigenvalue weighted by molar-refractivity contribution is 0.443. The smallest absolute Gasteiger partial charge is 0.137 e. The zero-order valence-electron chi connectivity index (χ0n) is 31.2. The summed E-state index contributed by atoms with van der Waals surface area (Å²) in [4.78, 5) is 4.72. The Bertz CT molecular complexity index is 2440. The number of furan rings is 1. The van der Waals surface area contributed by atoms with Gasteiger partial charge in [0.05, 0.1) is 11.1 Å². The summed E-state index contributed by atoms with van der Waals surface area (Å²) in [6.45, 7) is 4.65. The van der Waals surface area contributed by atoms with Crippen molar-refractivity contribution in [2.75, 3.05) is 9.80 Å². The molecule has 0 bridgehead atoms. The van der Waals surface area contributed by atoms with Crippen LogP contribution in [0.2, 0.25) is 0 Å². The minimum atomic E-state index is -0.214. The number of fused-ring (bicyclic) bond motifs is 3. The van der Waals surface area contributed by atoms with E-state index in [1.54, 1.807) is 0 Å². The molecule has 9 rings (SSSR count). The summed E-state index contributed by atoms with van der Waals surface area (Å²) in [6.07, 6.45) is 6.62. The molecule has 0 N–H and O–H groups in total. The lowest BCUT2D eigenvalue weighted by atomic mass is 9.78. The van der Waals surface area contributed by atoms with E-state index in [0.717, 1.165) is 56.1 Å². The topological polar surface area (TPSA) is 19.6 Å². The van der Waals surface area contributed by atoms with Gasteiger partial charge in [0.2, 0.25) is 0 Å². The van der Waals surface area contributed by atoms with Gasteiger partial charge in [0, 0.05) is 39.2 Å². The number of anilines is 6. The average Bonchev–Trinajstić information content (AvgIpc) is 3.62. The SMILES string of the molecule is CC(C)(c1ccc(N(c2ccccc2)c2ccccc2)cc1)c1ccc(N(c2ccc(C3CCCCC3)cc2)c2cccc3oc4ccccc4c23)cc1. The van der Waals surface area contributed by atoms with Gasteiger partial charge in [-0.1, -0.05) is 130 Å². The normalized spacial score (nSPS) is 13.7. The Morgan fingerprint density at radius 1 is 0.444 bits per heavy atom. The van der Waals surface area contributed by atoms with Gasteiger partial charge in [0.25, 0.3) is 0 Å². The highest BCUT2D eigenvalue weighted by molar-refractivity contribution is 6.13. The molecule has 1 heterocycles. The van der Waals surface area contributed by atoms with Crippen LogP contribution in [0.15, 0.2) is 180 Å². The van der Waals surface area contributed by atoms with Crippen molar-refractivity contribution in [3.8, 4) is 0 Å². The van der Waals surface area contributed by atoms with E-state index < -0.39 is 0 Å². The van der Waals surface area contributed by atoms with Gasteiger partial charge in [0.15, 0.2) is 0 Å². The molecule has 7 aromatic carbocycles. The van der Waals surface area contributed by atoms with E-state index in [0.29, 0.717) is 5.92 Å². The second-order valence-electron chi connectivity index (χ2n) is 15.2. The van der Waals surface area contributed by atoms with E-state index in [9.17, 15) is 0 Å². The van der Waals surface area contributed by atoms with Gasteiger partial charge < -0.3 is 14.2 Å². The maximum absolute atomic E-state index is 6.37. The summed E-state index contributed by atoms with van der Waals surface area (Å²) in [5.41, 5.74) is 12.4. The Balaban J connectivity index is 1.07. The Morgan fingerprint density at radius 3 is 1.52 bits per heavy atom. The van der Waals surface area contributed by atoms with Crippen LogP contribution in [-0.4, -0.2) is 0 Å². The van der Waals surface area contributed by atoms with E-state index >= 15 is 0 Å². The number of nitrogens with zero attached hydrogens (tertiary/aromatic N) is 2. The van der Waals surface area contributed by atoms with Crippen LogP contribution in [0.3, 0.4) is 0 Å². The maximum Gasteiger partial charge on any atom is 0.137 e. The molecule has 266 valence electrons. The monoisotopic (exact) mass is 702 g/mol. The molecule has 0 amide bonds. The molecule has 0 radical (unpaired) electrons. The first-order chi connectivity index (χ1) is 26.5. The molecule has 0 saturated heterocycles. The Morgan fingerprint density at radius 2 is 0.926 bits per heavy atom.